The third-order valence-corrected chi connectivity index (χ3v) is 4.84. The van der Waals surface area contributed by atoms with Crippen LogP contribution in [-0.4, -0.2) is 43.0 Å². The van der Waals surface area contributed by atoms with Gasteiger partial charge in [0.05, 0.1) is 6.10 Å². The molecule has 3 unspecified atom stereocenters. The Bertz CT molecular complexity index is 346. The van der Waals surface area contributed by atoms with Crippen molar-refractivity contribution in [3.05, 3.63) is 0 Å². The highest BCUT2D eigenvalue weighted by Crippen LogP contribution is 2.34. The first-order chi connectivity index (χ1) is 10.0. The number of aliphatic hydroxyl groups excluding tert-OH is 1. The second-order valence-electron chi connectivity index (χ2n) is 7.23. The molecule has 21 heavy (non-hydrogen) atoms. The Hall–Kier alpha value is -0.810. The van der Waals surface area contributed by atoms with E-state index in [9.17, 15) is 9.90 Å². The first kappa shape index (κ1) is 16.6. The fourth-order valence-electron chi connectivity index (χ4n) is 3.42. The van der Waals surface area contributed by atoms with Gasteiger partial charge in [-0.1, -0.05) is 13.8 Å². The Balaban J connectivity index is 1.65. The SMILES string of the molecule is CC(C)(CO)CCCNC(=O)NC1CCCC2OCCC12. The molecule has 122 valence electrons. The molecule has 1 aliphatic carbocycles. The van der Waals surface area contributed by atoms with Crippen molar-refractivity contribution in [1.29, 1.82) is 0 Å². The van der Waals surface area contributed by atoms with Gasteiger partial charge in [0.15, 0.2) is 0 Å². The maximum atomic E-state index is 12.0. The highest BCUT2D eigenvalue weighted by Gasteiger charge is 2.38. The van der Waals surface area contributed by atoms with Gasteiger partial charge in [-0.2, -0.15) is 0 Å². The minimum Gasteiger partial charge on any atom is -0.396 e. The lowest BCUT2D eigenvalue weighted by Crippen LogP contribution is -2.49. The molecule has 1 saturated carbocycles. The molecule has 2 amide bonds. The first-order valence-corrected chi connectivity index (χ1v) is 8.29. The van der Waals surface area contributed by atoms with Crippen LogP contribution in [0, 0.1) is 11.3 Å². The largest absolute Gasteiger partial charge is 0.396 e. The number of ether oxygens (including phenoxy) is 1. The Kier molecular flexibility index (Phi) is 5.88. The van der Waals surface area contributed by atoms with Gasteiger partial charge in [-0.05, 0) is 43.9 Å². The number of aliphatic hydroxyl groups is 1. The average Bonchev–Trinajstić information content (AvgIpc) is 2.93. The van der Waals surface area contributed by atoms with Crippen LogP contribution in [0.1, 0.15) is 52.4 Å². The predicted molar refractivity (Wildman–Crippen MR) is 82.1 cm³/mol. The zero-order valence-electron chi connectivity index (χ0n) is 13.4. The van der Waals surface area contributed by atoms with E-state index in [0.29, 0.717) is 18.6 Å². The molecule has 0 aromatic heterocycles. The lowest BCUT2D eigenvalue weighted by Gasteiger charge is -2.33. The van der Waals surface area contributed by atoms with Gasteiger partial charge in [-0.25, -0.2) is 4.79 Å². The van der Waals surface area contributed by atoms with Crippen molar-refractivity contribution in [3.63, 3.8) is 0 Å². The quantitative estimate of drug-likeness (QED) is 0.657. The van der Waals surface area contributed by atoms with Gasteiger partial charge >= 0.3 is 6.03 Å². The molecular weight excluding hydrogens is 268 g/mol. The molecule has 0 radical (unpaired) electrons. The molecular formula is C16H30N2O3. The lowest BCUT2D eigenvalue weighted by molar-refractivity contribution is 0.0549. The van der Waals surface area contributed by atoms with E-state index >= 15 is 0 Å². The van der Waals surface area contributed by atoms with E-state index in [1.165, 1.54) is 0 Å². The minimum atomic E-state index is -0.0608. The molecule has 2 rings (SSSR count). The van der Waals surface area contributed by atoms with Crippen LogP contribution in [0.4, 0.5) is 4.79 Å². The molecule has 1 heterocycles. The molecule has 1 aliphatic heterocycles. The summed E-state index contributed by atoms with van der Waals surface area (Å²) in [6, 6.07) is 0.203. The zero-order chi connectivity index (χ0) is 15.3. The number of carbonyl (C=O) groups is 1. The molecule has 1 saturated heterocycles. The van der Waals surface area contributed by atoms with E-state index in [0.717, 1.165) is 45.1 Å². The van der Waals surface area contributed by atoms with E-state index in [1.807, 2.05) is 13.8 Å². The lowest BCUT2D eigenvalue weighted by atomic mass is 9.82. The molecule has 0 aromatic carbocycles. The van der Waals surface area contributed by atoms with Crippen molar-refractivity contribution in [2.45, 2.75) is 64.5 Å². The van der Waals surface area contributed by atoms with Crippen LogP contribution in [0.15, 0.2) is 0 Å². The molecule has 3 atom stereocenters. The first-order valence-electron chi connectivity index (χ1n) is 8.29. The van der Waals surface area contributed by atoms with Gasteiger partial charge in [-0.15, -0.1) is 0 Å². The number of rotatable bonds is 6. The van der Waals surface area contributed by atoms with E-state index < -0.39 is 0 Å². The normalized spacial score (nSPS) is 29.0. The Morgan fingerprint density at radius 1 is 1.33 bits per heavy atom. The van der Waals surface area contributed by atoms with E-state index in [4.69, 9.17) is 4.74 Å². The number of nitrogens with one attached hydrogen (secondary N) is 2. The highest BCUT2D eigenvalue weighted by atomic mass is 16.5. The van der Waals surface area contributed by atoms with Gasteiger partial charge in [0.1, 0.15) is 0 Å². The summed E-state index contributed by atoms with van der Waals surface area (Å²) in [5, 5.41) is 15.3. The van der Waals surface area contributed by atoms with Crippen molar-refractivity contribution >= 4 is 6.03 Å². The number of hydrogen-bond acceptors (Lipinski definition) is 3. The molecule has 5 heteroatoms. The number of carbonyl (C=O) groups excluding carboxylic acids is 1. The Morgan fingerprint density at radius 3 is 2.90 bits per heavy atom. The van der Waals surface area contributed by atoms with Crippen LogP contribution in [-0.2, 0) is 4.74 Å². The zero-order valence-corrected chi connectivity index (χ0v) is 13.4. The smallest absolute Gasteiger partial charge is 0.315 e. The van der Waals surface area contributed by atoms with E-state index in [1.54, 1.807) is 0 Å². The number of amides is 2. The van der Waals surface area contributed by atoms with Crippen molar-refractivity contribution in [3.8, 4) is 0 Å². The topological polar surface area (TPSA) is 70.6 Å². The molecule has 2 fully saturated rings. The molecule has 2 aliphatic rings. The second kappa shape index (κ2) is 7.45. The summed E-state index contributed by atoms with van der Waals surface area (Å²) in [6.07, 6.45) is 6.56. The third kappa shape index (κ3) is 4.85. The number of urea groups is 1. The van der Waals surface area contributed by atoms with Crippen molar-refractivity contribution in [2.24, 2.45) is 11.3 Å². The van der Waals surface area contributed by atoms with E-state index in [2.05, 4.69) is 10.6 Å². The molecule has 0 spiro atoms. The van der Waals surface area contributed by atoms with E-state index in [-0.39, 0.29) is 24.1 Å². The summed E-state index contributed by atoms with van der Waals surface area (Å²) < 4.78 is 5.72. The number of fused-ring (bicyclic) bond motifs is 1. The van der Waals surface area contributed by atoms with Crippen LogP contribution in [0.25, 0.3) is 0 Å². The van der Waals surface area contributed by atoms with Crippen molar-refractivity contribution in [2.75, 3.05) is 19.8 Å². The highest BCUT2D eigenvalue weighted by molar-refractivity contribution is 5.74. The van der Waals surface area contributed by atoms with Crippen LogP contribution < -0.4 is 10.6 Å². The predicted octanol–water partition coefficient (Wildman–Crippen LogP) is 2.04. The summed E-state index contributed by atoms with van der Waals surface area (Å²) in [6.45, 7) is 5.76. The maximum Gasteiger partial charge on any atom is 0.315 e. The summed E-state index contributed by atoms with van der Waals surface area (Å²) in [5.41, 5.74) is -0.0596. The van der Waals surface area contributed by atoms with Crippen LogP contribution >= 0.6 is 0 Å². The monoisotopic (exact) mass is 298 g/mol. The van der Waals surface area contributed by atoms with Crippen LogP contribution in [0.2, 0.25) is 0 Å². The Labute approximate surface area is 127 Å². The fraction of sp³-hybridized carbons (Fsp3) is 0.938. The standard InChI is InChI=1S/C16H30N2O3/c1-16(2,11-19)8-4-9-17-15(20)18-13-5-3-6-14-12(13)7-10-21-14/h12-14,19H,3-11H2,1-2H3,(H2,17,18,20). The molecule has 0 aromatic rings. The van der Waals surface area contributed by atoms with Crippen molar-refractivity contribution in [1.82, 2.24) is 10.6 Å². The summed E-state index contributed by atoms with van der Waals surface area (Å²) >= 11 is 0. The molecule has 3 N–H and O–H groups in total. The Morgan fingerprint density at radius 2 is 2.14 bits per heavy atom. The molecule has 0 bridgehead atoms. The van der Waals surface area contributed by atoms with Gasteiger partial charge < -0.3 is 20.5 Å². The summed E-state index contributed by atoms with van der Waals surface area (Å²) in [4.78, 5) is 12.0. The van der Waals surface area contributed by atoms with Crippen LogP contribution in [0.3, 0.4) is 0 Å². The minimum absolute atomic E-state index is 0.0596. The maximum absolute atomic E-state index is 12.0. The summed E-state index contributed by atoms with van der Waals surface area (Å²) in [7, 11) is 0. The van der Waals surface area contributed by atoms with Crippen molar-refractivity contribution < 1.29 is 14.6 Å². The van der Waals surface area contributed by atoms with Gasteiger partial charge in [0, 0.05) is 31.7 Å². The van der Waals surface area contributed by atoms with Gasteiger partial charge in [0.25, 0.3) is 0 Å². The average molecular weight is 298 g/mol. The molecule has 5 nitrogen and oxygen atoms in total. The van der Waals surface area contributed by atoms with Gasteiger partial charge in [-0.3, -0.25) is 0 Å². The second-order valence-corrected chi connectivity index (χ2v) is 7.23. The van der Waals surface area contributed by atoms with Gasteiger partial charge in [0.2, 0.25) is 0 Å². The fourth-order valence-corrected chi connectivity index (χ4v) is 3.42. The summed E-state index contributed by atoms with van der Waals surface area (Å²) in [5.74, 6) is 0.498. The third-order valence-electron chi connectivity index (χ3n) is 4.84. The number of hydrogen-bond donors (Lipinski definition) is 3. The van der Waals surface area contributed by atoms with Crippen LogP contribution in [0.5, 0.6) is 0 Å².